The Morgan fingerprint density at radius 1 is 0.634 bits per heavy atom. The Bertz CT molecular complexity index is 1300. The molecule has 0 radical (unpaired) electrons. The first-order valence-corrected chi connectivity index (χ1v) is 16.9. The Hall–Kier alpha value is -2.34. The molecule has 41 heavy (non-hydrogen) atoms. The zero-order valence-corrected chi connectivity index (χ0v) is 27.3. The minimum Gasteiger partial charge on any atom is -0.0625 e. The second-order valence-corrected chi connectivity index (χ2v) is 15.0. The van der Waals surface area contributed by atoms with Crippen LogP contribution in [0.3, 0.4) is 0 Å². The van der Waals surface area contributed by atoms with E-state index in [0.717, 1.165) is 42.9 Å². The Morgan fingerprint density at radius 2 is 1.29 bits per heavy atom. The van der Waals surface area contributed by atoms with Gasteiger partial charge in [0, 0.05) is 0 Å². The van der Waals surface area contributed by atoms with Crippen molar-refractivity contribution in [2.45, 2.75) is 130 Å². The van der Waals surface area contributed by atoms with Crippen LogP contribution < -0.4 is 0 Å². The zero-order chi connectivity index (χ0) is 29.1. The molecule has 2 aliphatic rings. The van der Waals surface area contributed by atoms with Crippen molar-refractivity contribution in [1.82, 2.24) is 0 Å². The van der Waals surface area contributed by atoms with E-state index in [-0.39, 0.29) is 5.41 Å². The molecule has 220 valence electrons. The highest BCUT2D eigenvalue weighted by atomic mass is 14.4. The van der Waals surface area contributed by atoms with E-state index in [2.05, 4.69) is 103 Å². The maximum absolute atomic E-state index is 2.62. The van der Waals surface area contributed by atoms with E-state index in [1.165, 1.54) is 90.3 Å². The molecule has 3 aromatic rings. The van der Waals surface area contributed by atoms with Crippen molar-refractivity contribution < 1.29 is 0 Å². The van der Waals surface area contributed by atoms with Crippen molar-refractivity contribution in [2.24, 2.45) is 17.8 Å². The maximum Gasteiger partial charge on any atom is -0.00201 e. The Morgan fingerprint density at radius 3 is 1.95 bits per heavy atom. The number of hydrogen-bond donors (Lipinski definition) is 0. The fourth-order valence-corrected chi connectivity index (χ4v) is 8.28. The summed E-state index contributed by atoms with van der Waals surface area (Å²) in [5.74, 6) is 3.74. The maximum atomic E-state index is 2.62. The summed E-state index contributed by atoms with van der Waals surface area (Å²) < 4.78 is 0. The van der Waals surface area contributed by atoms with E-state index in [1.54, 1.807) is 11.1 Å². The van der Waals surface area contributed by atoms with Crippen molar-refractivity contribution in [1.29, 1.82) is 0 Å². The molecule has 2 fully saturated rings. The standard InChI is InChI=1S/C41H56/c1-8-32-27-39(35-21-19-34(20-22-35)33-17-13-28(2)14-18-33)30(4)23-38(32)25-31-16-15-29(3)37(24-31)26-36-11-9-10-12-40(36)41(5,6)7/h9-12,15-16,23-24,27-28,33-35H,8,13-14,17-22,25-26H2,1-7H3. The van der Waals surface area contributed by atoms with Gasteiger partial charge in [-0.1, -0.05) is 102 Å². The molecule has 2 saturated carbocycles. The van der Waals surface area contributed by atoms with Crippen molar-refractivity contribution >= 4 is 0 Å². The Balaban J connectivity index is 1.30. The molecule has 0 atom stereocenters. The van der Waals surface area contributed by atoms with E-state index < -0.39 is 0 Å². The number of aryl methyl sites for hydroxylation is 3. The van der Waals surface area contributed by atoms with Gasteiger partial charge in [-0.15, -0.1) is 0 Å². The molecule has 0 spiro atoms. The lowest BCUT2D eigenvalue weighted by Gasteiger charge is -2.37. The van der Waals surface area contributed by atoms with E-state index >= 15 is 0 Å². The van der Waals surface area contributed by atoms with Gasteiger partial charge in [0.05, 0.1) is 0 Å². The van der Waals surface area contributed by atoms with Crippen LogP contribution in [0.25, 0.3) is 0 Å². The number of benzene rings is 3. The molecule has 3 aromatic carbocycles. The van der Waals surface area contributed by atoms with Gasteiger partial charge in [-0.25, -0.2) is 0 Å². The third-order valence-electron chi connectivity index (χ3n) is 10.9. The second kappa shape index (κ2) is 12.9. The highest BCUT2D eigenvalue weighted by molar-refractivity contribution is 5.45. The van der Waals surface area contributed by atoms with Gasteiger partial charge < -0.3 is 0 Å². The van der Waals surface area contributed by atoms with Crippen molar-refractivity contribution in [3.63, 3.8) is 0 Å². The molecule has 0 aromatic heterocycles. The first-order chi connectivity index (χ1) is 19.6. The molecule has 0 aliphatic heterocycles. The van der Waals surface area contributed by atoms with Crippen LogP contribution in [0, 0.1) is 31.6 Å². The molecule has 0 heterocycles. The molecular weight excluding hydrogens is 492 g/mol. The lowest BCUT2D eigenvalue weighted by Crippen LogP contribution is -2.25. The lowest BCUT2D eigenvalue weighted by molar-refractivity contribution is 0.165. The molecule has 5 rings (SSSR count). The van der Waals surface area contributed by atoms with Gasteiger partial charge in [-0.2, -0.15) is 0 Å². The van der Waals surface area contributed by atoms with Gasteiger partial charge >= 0.3 is 0 Å². The minimum atomic E-state index is 0.158. The summed E-state index contributed by atoms with van der Waals surface area (Å²) in [7, 11) is 0. The van der Waals surface area contributed by atoms with Crippen LogP contribution in [0.5, 0.6) is 0 Å². The molecule has 0 heteroatoms. The fourth-order valence-electron chi connectivity index (χ4n) is 8.28. The first kappa shape index (κ1) is 30.1. The average Bonchev–Trinajstić information content (AvgIpc) is 2.95. The van der Waals surface area contributed by atoms with E-state index in [1.807, 2.05) is 0 Å². The smallest absolute Gasteiger partial charge is 0.00201 e. The highest BCUT2D eigenvalue weighted by Crippen LogP contribution is 2.44. The molecule has 2 aliphatic carbocycles. The zero-order valence-electron chi connectivity index (χ0n) is 27.3. The van der Waals surface area contributed by atoms with Crippen LogP contribution >= 0.6 is 0 Å². The molecule has 0 saturated heterocycles. The van der Waals surface area contributed by atoms with E-state index in [4.69, 9.17) is 0 Å². The SMILES string of the molecule is CCc1cc(C2CCC(C3CCC(C)CC3)CC2)c(C)cc1Cc1ccc(C)c(Cc2ccccc2C(C)(C)C)c1. The molecule has 0 N–H and O–H groups in total. The third-order valence-corrected chi connectivity index (χ3v) is 10.9. The van der Waals surface area contributed by atoms with Crippen LogP contribution in [0.1, 0.15) is 142 Å². The van der Waals surface area contributed by atoms with Crippen LogP contribution in [0.4, 0.5) is 0 Å². The molecular formula is C41H56. The van der Waals surface area contributed by atoms with Gasteiger partial charge in [-0.3, -0.25) is 0 Å². The predicted octanol–water partition coefficient (Wildman–Crippen LogP) is 11.4. The summed E-state index contributed by atoms with van der Waals surface area (Å²) in [6.07, 6.45) is 14.8. The largest absolute Gasteiger partial charge is 0.0625 e. The van der Waals surface area contributed by atoms with Crippen molar-refractivity contribution in [3.8, 4) is 0 Å². The molecule has 0 amide bonds. The van der Waals surface area contributed by atoms with Gasteiger partial charge in [0.15, 0.2) is 0 Å². The van der Waals surface area contributed by atoms with Gasteiger partial charge in [0.1, 0.15) is 0 Å². The summed E-state index contributed by atoms with van der Waals surface area (Å²) in [6.45, 7) is 16.5. The predicted molar refractivity (Wildman–Crippen MR) is 178 cm³/mol. The summed E-state index contributed by atoms with van der Waals surface area (Å²) >= 11 is 0. The molecule has 0 nitrogen and oxygen atoms in total. The monoisotopic (exact) mass is 548 g/mol. The minimum absolute atomic E-state index is 0.158. The summed E-state index contributed by atoms with van der Waals surface area (Å²) in [4.78, 5) is 0. The molecule has 0 bridgehead atoms. The summed E-state index contributed by atoms with van der Waals surface area (Å²) in [6, 6.07) is 21.4. The Labute approximate surface area is 252 Å². The molecule has 0 unspecified atom stereocenters. The van der Waals surface area contributed by atoms with Gasteiger partial charge in [-0.05, 0) is 151 Å². The van der Waals surface area contributed by atoms with Crippen molar-refractivity contribution in [3.05, 3.63) is 105 Å². The highest BCUT2D eigenvalue weighted by Gasteiger charge is 2.31. The van der Waals surface area contributed by atoms with Crippen molar-refractivity contribution in [2.75, 3.05) is 0 Å². The van der Waals surface area contributed by atoms with Gasteiger partial charge in [0.2, 0.25) is 0 Å². The lowest BCUT2D eigenvalue weighted by atomic mass is 9.68. The van der Waals surface area contributed by atoms with Crippen LogP contribution in [-0.4, -0.2) is 0 Å². The fraction of sp³-hybridized carbons (Fsp3) is 0.561. The first-order valence-electron chi connectivity index (χ1n) is 16.9. The topological polar surface area (TPSA) is 0 Å². The quantitative estimate of drug-likeness (QED) is 0.275. The Kier molecular flexibility index (Phi) is 9.47. The number of rotatable bonds is 7. The van der Waals surface area contributed by atoms with Crippen LogP contribution in [0.2, 0.25) is 0 Å². The second-order valence-electron chi connectivity index (χ2n) is 15.0. The van der Waals surface area contributed by atoms with E-state index in [9.17, 15) is 0 Å². The third kappa shape index (κ3) is 7.18. The van der Waals surface area contributed by atoms with E-state index in [0.29, 0.717) is 0 Å². The normalized spacial score (nSPS) is 23.5. The van der Waals surface area contributed by atoms with Crippen LogP contribution in [-0.2, 0) is 24.7 Å². The average molecular weight is 549 g/mol. The number of hydrogen-bond acceptors (Lipinski definition) is 0. The van der Waals surface area contributed by atoms with Gasteiger partial charge in [0.25, 0.3) is 0 Å². The summed E-state index contributed by atoms with van der Waals surface area (Å²) in [5.41, 5.74) is 13.7. The van der Waals surface area contributed by atoms with Crippen LogP contribution in [0.15, 0.2) is 54.6 Å². The summed E-state index contributed by atoms with van der Waals surface area (Å²) in [5, 5.41) is 0.